The number of rotatable bonds is 5. The monoisotopic (exact) mass is 279 g/mol. The van der Waals surface area contributed by atoms with Crippen LogP contribution in [0.25, 0.3) is 0 Å². The van der Waals surface area contributed by atoms with Crippen LogP contribution in [0.2, 0.25) is 0 Å². The Balaban J connectivity index is 2.05. The third-order valence-electron chi connectivity index (χ3n) is 4.64. The molecule has 0 heterocycles. The summed E-state index contributed by atoms with van der Waals surface area (Å²) in [6.07, 6.45) is 4.11. The maximum Gasteiger partial charge on any atom is 0.125 e. The number of aliphatic hydroxyl groups is 1. The van der Waals surface area contributed by atoms with E-state index in [2.05, 4.69) is 18.7 Å². The van der Waals surface area contributed by atoms with E-state index in [1.54, 1.807) is 12.1 Å². The summed E-state index contributed by atoms with van der Waals surface area (Å²) in [5, 5.41) is 10.2. The fourth-order valence-electron chi connectivity index (χ4n) is 3.29. The lowest BCUT2D eigenvalue weighted by molar-refractivity contribution is 0.0507. The molecule has 0 bridgehead atoms. The van der Waals surface area contributed by atoms with Crippen molar-refractivity contribution < 1.29 is 9.50 Å². The van der Waals surface area contributed by atoms with Gasteiger partial charge in [0.05, 0.1) is 6.10 Å². The van der Waals surface area contributed by atoms with Gasteiger partial charge in [-0.25, -0.2) is 4.39 Å². The van der Waals surface area contributed by atoms with E-state index < -0.39 is 0 Å². The van der Waals surface area contributed by atoms with Gasteiger partial charge in [0, 0.05) is 24.7 Å². The highest BCUT2D eigenvalue weighted by atomic mass is 19.1. The van der Waals surface area contributed by atoms with Crippen LogP contribution in [0.4, 0.5) is 10.1 Å². The molecular weight excluding hydrogens is 253 g/mol. The summed E-state index contributed by atoms with van der Waals surface area (Å²) < 4.78 is 13.4. The van der Waals surface area contributed by atoms with Crippen LogP contribution in [0.3, 0.4) is 0 Å². The number of aliphatic hydroxyl groups excluding tert-OH is 1. The molecule has 2 nitrogen and oxygen atoms in total. The lowest BCUT2D eigenvalue weighted by Gasteiger charge is -2.37. The van der Waals surface area contributed by atoms with Gasteiger partial charge in [-0.05, 0) is 50.3 Å². The summed E-state index contributed by atoms with van der Waals surface area (Å²) in [6.45, 7) is 5.96. The van der Waals surface area contributed by atoms with Crippen molar-refractivity contribution in [3.63, 3.8) is 0 Å². The molecule has 0 aliphatic heterocycles. The molecule has 20 heavy (non-hydrogen) atoms. The predicted octanol–water partition coefficient (Wildman–Crippen LogP) is 3.84. The lowest BCUT2D eigenvalue weighted by atomic mass is 9.78. The minimum Gasteiger partial charge on any atom is -0.393 e. The number of hydrogen-bond acceptors (Lipinski definition) is 2. The van der Waals surface area contributed by atoms with Gasteiger partial charge in [0.25, 0.3) is 0 Å². The highest BCUT2D eigenvalue weighted by molar-refractivity contribution is 5.46. The van der Waals surface area contributed by atoms with Gasteiger partial charge in [-0.2, -0.15) is 0 Å². The number of hydrogen-bond donors (Lipinski definition) is 1. The van der Waals surface area contributed by atoms with Crippen LogP contribution in [-0.4, -0.2) is 24.3 Å². The SMILES string of the molecule is CCC1CCC(O)C(CN(CC)c2cccc(F)c2)C1. The highest BCUT2D eigenvalue weighted by Crippen LogP contribution is 2.32. The van der Waals surface area contributed by atoms with Gasteiger partial charge in [-0.15, -0.1) is 0 Å². The smallest absolute Gasteiger partial charge is 0.125 e. The Labute approximate surface area is 121 Å². The van der Waals surface area contributed by atoms with Crippen molar-refractivity contribution in [3.8, 4) is 0 Å². The van der Waals surface area contributed by atoms with Crippen LogP contribution in [-0.2, 0) is 0 Å². The van der Waals surface area contributed by atoms with E-state index in [1.807, 2.05) is 6.07 Å². The zero-order valence-corrected chi connectivity index (χ0v) is 12.6. The molecule has 1 saturated carbocycles. The fraction of sp³-hybridized carbons (Fsp3) is 0.647. The summed E-state index contributed by atoms with van der Waals surface area (Å²) in [5.74, 6) is 0.836. The molecule has 0 radical (unpaired) electrons. The average Bonchev–Trinajstić information content (AvgIpc) is 2.46. The maximum absolute atomic E-state index is 13.4. The molecule has 1 N–H and O–H groups in total. The normalized spacial score (nSPS) is 26.5. The van der Waals surface area contributed by atoms with Crippen molar-refractivity contribution in [1.82, 2.24) is 0 Å². The second kappa shape index (κ2) is 7.07. The zero-order valence-electron chi connectivity index (χ0n) is 12.6. The Kier molecular flexibility index (Phi) is 5.41. The van der Waals surface area contributed by atoms with Gasteiger partial charge in [0.2, 0.25) is 0 Å². The molecule has 112 valence electrons. The largest absolute Gasteiger partial charge is 0.393 e. The second-order valence-corrected chi connectivity index (χ2v) is 5.93. The van der Waals surface area contributed by atoms with Gasteiger partial charge >= 0.3 is 0 Å². The zero-order chi connectivity index (χ0) is 14.5. The minimum absolute atomic E-state index is 0.198. The molecule has 1 aliphatic carbocycles. The molecule has 3 heteroatoms. The van der Waals surface area contributed by atoms with Gasteiger partial charge in [-0.3, -0.25) is 0 Å². The van der Waals surface area contributed by atoms with E-state index in [0.29, 0.717) is 5.92 Å². The van der Waals surface area contributed by atoms with Crippen LogP contribution in [0.1, 0.15) is 39.5 Å². The Hall–Kier alpha value is -1.09. The van der Waals surface area contributed by atoms with Crippen LogP contribution in [0, 0.1) is 17.7 Å². The summed E-state index contributed by atoms with van der Waals surface area (Å²) in [5.41, 5.74) is 0.915. The summed E-state index contributed by atoms with van der Waals surface area (Å²) >= 11 is 0. The Morgan fingerprint density at radius 2 is 2.10 bits per heavy atom. The molecule has 0 amide bonds. The van der Waals surface area contributed by atoms with Crippen molar-refractivity contribution >= 4 is 5.69 Å². The first-order chi connectivity index (χ1) is 9.63. The standard InChI is InChI=1S/C17H26FNO/c1-3-13-8-9-17(20)14(10-13)12-19(4-2)16-7-5-6-15(18)11-16/h5-7,11,13-14,17,20H,3-4,8-10,12H2,1-2H3. The molecule has 3 unspecified atom stereocenters. The number of benzene rings is 1. The average molecular weight is 279 g/mol. The van der Waals surface area contributed by atoms with Gasteiger partial charge in [0.15, 0.2) is 0 Å². The lowest BCUT2D eigenvalue weighted by Crippen LogP contribution is -2.39. The van der Waals surface area contributed by atoms with Crippen LogP contribution < -0.4 is 4.90 Å². The van der Waals surface area contributed by atoms with Crippen LogP contribution in [0.15, 0.2) is 24.3 Å². The predicted molar refractivity (Wildman–Crippen MR) is 81.4 cm³/mol. The van der Waals surface area contributed by atoms with E-state index in [-0.39, 0.29) is 11.9 Å². The molecular formula is C17H26FNO. The number of halogens is 1. The highest BCUT2D eigenvalue weighted by Gasteiger charge is 2.29. The minimum atomic E-state index is -0.208. The molecule has 0 spiro atoms. The van der Waals surface area contributed by atoms with Gasteiger partial charge in [-0.1, -0.05) is 19.4 Å². The first-order valence-electron chi connectivity index (χ1n) is 7.82. The molecule has 1 aromatic rings. The number of nitrogens with zero attached hydrogens (tertiary/aromatic N) is 1. The topological polar surface area (TPSA) is 23.5 Å². The van der Waals surface area contributed by atoms with E-state index in [1.165, 1.54) is 12.5 Å². The van der Waals surface area contributed by atoms with Crippen molar-refractivity contribution in [2.24, 2.45) is 11.8 Å². The molecule has 1 aromatic carbocycles. The summed E-state index contributed by atoms with van der Waals surface area (Å²) in [4.78, 5) is 2.18. The van der Waals surface area contributed by atoms with E-state index in [9.17, 15) is 9.50 Å². The quantitative estimate of drug-likeness (QED) is 0.885. The first-order valence-corrected chi connectivity index (χ1v) is 7.82. The van der Waals surface area contributed by atoms with E-state index >= 15 is 0 Å². The third kappa shape index (κ3) is 3.72. The molecule has 2 rings (SSSR count). The molecule has 0 saturated heterocycles. The molecule has 3 atom stereocenters. The van der Waals surface area contributed by atoms with Gasteiger partial charge in [0.1, 0.15) is 5.82 Å². The van der Waals surface area contributed by atoms with Crippen molar-refractivity contribution in [2.75, 3.05) is 18.0 Å². The Bertz CT molecular complexity index is 423. The Morgan fingerprint density at radius 1 is 1.30 bits per heavy atom. The van der Waals surface area contributed by atoms with Crippen LogP contribution in [0.5, 0.6) is 0 Å². The van der Waals surface area contributed by atoms with Crippen molar-refractivity contribution in [1.29, 1.82) is 0 Å². The van der Waals surface area contributed by atoms with Crippen molar-refractivity contribution in [2.45, 2.75) is 45.6 Å². The molecule has 0 aromatic heterocycles. The maximum atomic E-state index is 13.4. The molecule has 1 aliphatic rings. The summed E-state index contributed by atoms with van der Waals surface area (Å²) in [7, 11) is 0. The number of anilines is 1. The fourth-order valence-corrected chi connectivity index (χ4v) is 3.29. The third-order valence-corrected chi connectivity index (χ3v) is 4.64. The van der Waals surface area contributed by atoms with Crippen molar-refractivity contribution in [3.05, 3.63) is 30.1 Å². The second-order valence-electron chi connectivity index (χ2n) is 5.93. The summed E-state index contributed by atoms with van der Waals surface area (Å²) in [6, 6.07) is 6.74. The first kappa shape index (κ1) is 15.3. The van der Waals surface area contributed by atoms with E-state index in [0.717, 1.165) is 44.0 Å². The van der Waals surface area contributed by atoms with Crippen LogP contribution >= 0.6 is 0 Å². The molecule has 1 fully saturated rings. The van der Waals surface area contributed by atoms with E-state index in [4.69, 9.17) is 0 Å². The van der Waals surface area contributed by atoms with Gasteiger partial charge < -0.3 is 10.0 Å². The Morgan fingerprint density at radius 3 is 2.75 bits per heavy atom.